The van der Waals surface area contributed by atoms with Gasteiger partial charge in [0.1, 0.15) is 5.01 Å². The van der Waals surface area contributed by atoms with Crippen LogP contribution in [-0.4, -0.2) is 32.8 Å². The zero-order chi connectivity index (χ0) is 16.1. The van der Waals surface area contributed by atoms with Crippen LogP contribution >= 0.6 is 11.3 Å². The number of likely N-dealkylation sites (N-methyl/N-ethyl adjacent to an activating group) is 1. The lowest BCUT2D eigenvalue weighted by molar-refractivity contribution is -0.129. The summed E-state index contributed by atoms with van der Waals surface area (Å²) in [7, 11) is 1.80. The second kappa shape index (κ2) is 7.11. The molecule has 0 fully saturated rings. The van der Waals surface area contributed by atoms with Gasteiger partial charge in [0.25, 0.3) is 0 Å². The number of nitrogens with zero attached hydrogens (tertiary/aromatic N) is 4. The average molecular weight is 324 g/mol. The van der Waals surface area contributed by atoms with Crippen molar-refractivity contribution in [3.05, 3.63) is 65.7 Å². The lowest BCUT2D eigenvalue weighted by Gasteiger charge is -2.16. The number of carbonyl (C=O) groups excluding carboxylic acids is 1. The molecule has 23 heavy (non-hydrogen) atoms. The average Bonchev–Trinajstić information content (AvgIpc) is 3.05. The van der Waals surface area contributed by atoms with Crippen molar-refractivity contribution in [2.75, 3.05) is 7.05 Å². The number of rotatable bonds is 5. The predicted molar refractivity (Wildman–Crippen MR) is 89.8 cm³/mol. The molecule has 0 radical (unpaired) electrons. The first-order valence-electron chi connectivity index (χ1n) is 7.20. The van der Waals surface area contributed by atoms with E-state index in [9.17, 15) is 4.79 Å². The van der Waals surface area contributed by atoms with Crippen LogP contribution in [0.1, 0.15) is 11.3 Å². The van der Waals surface area contributed by atoms with Crippen LogP contribution in [0.2, 0.25) is 0 Å². The number of thiazole rings is 1. The van der Waals surface area contributed by atoms with Gasteiger partial charge in [0.15, 0.2) is 0 Å². The minimum Gasteiger partial charge on any atom is -0.341 e. The fraction of sp³-hybridized carbons (Fsp3) is 0.176. The van der Waals surface area contributed by atoms with Crippen molar-refractivity contribution >= 4 is 17.2 Å². The standard InChI is InChI=1S/C17H16N4OS/c1-21(11-13-4-2-6-18-9-13)16(22)8-15-12-23-17(20-15)14-5-3-7-19-10-14/h2-7,9-10,12H,8,11H2,1H3. The van der Waals surface area contributed by atoms with Crippen molar-refractivity contribution < 1.29 is 4.79 Å². The van der Waals surface area contributed by atoms with Crippen LogP contribution in [0.4, 0.5) is 0 Å². The summed E-state index contributed by atoms with van der Waals surface area (Å²) in [5.41, 5.74) is 2.77. The molecule has 0 bridgehead atoms. The van der Waals surface area contributed by atoms with E-state index in [0.29, 0.717) is 13.0 Å². The van der Waals surface area contributed by atoms with Crippen molar-refractivity contribution in [3.8, 4) is 10.6 Å². The molecule has 3 rings (SSSR count). The molecule has 116 valence electrons. The Morgan fingerprint density at radius 3 is 2.65 bits per heavy atom. The van der Waals surface area contributed by atoms with E-state index in [1.165, 1.54) is 11.3 Å². The summed E-state index contributed by atoms with van der Waals surface area (Å²) in [6.07, 6.45) is 7.30. The Kier molecular flexibility index (Phi) is 4.73. The highest BCUT2D eigenvalue weighted by Gasteiger charge is 2.13. The van der Waals surface area contributed by atoms with E-state index in [4.69, 9.17) is 0 Å². The first-order chi connectivity index (χ1) is 11.2. The fourth-order valence-corrected chi connectivity index (χ4v) is 2.96. The maximum atomic E-state index is 12.3. The molecular weight excluding hydrogens is 308 g/mol. The summed E-state index contributed by atoms with van der Waals surface area (Å²) in [6, 6.07) is 7.67. The van der Waals surface area contributed by atoms with E-state index >= 15 is 0 Å². The van der Waals surface area contributed by atoms with Gasteiger partial charge >= 0.3 is 0 Å². The predicted octanol–water partition coefficient (Wildman–Crippen LogP) is 2.80. The number of amides is 1. The molecule has 0 aliphatic heterocycles. The minimum atomic E-state index is 0.0388. The molecule has 1 amide bonds. The summed E-state index contributed by atoms with van der Waals surface area (Å²) in [5.74, 6) is 0.0388. The Hall–Kier alpha value is -2.60. The maximum absolute atomic E-state index is 12.3. The van der Waals surface area contributed by atoms with Crippen LogP contribution in [-0.2, 0) is 17.8 Å². The van der Waals surface area contributed by atoms with Gasteiger partial charge in [0, 0.05) is 49.3 Å². The summed E-state index contributed by atoms with van der Waals surface area (Å²) >= 11 is 1.53. The quantitative estimate of drug-likeness (QED) is 0.724. The Morgan fingerprint density at radius 2 is 1.96 bits per heavy atom. The lowest BCUT2D eigenvalue weighted by Crippen LogP contribution is -2.27. The molecule has 0 aromatic carbocycles. The van der Waals surface area contributed by atoms with Gasteiger partial charge in [0.2, 0.25) is 5.91 Å². The summed E-state index contributed by atoms with van der Waals surface area (Å²) < 4.78 is 0. The van der Waals surface area contributed by atoms with Gasteiger partial charge < -0.3 is 4.90 Å². The monoisotopic (exact) mass is 324 g/mol. The van der Waals surface area contributed by atoms with Crippen molar-refractivity contribution in [1.29, 1.82) is 0 Å². The van der Waals surface area contributed by atoms with E-state index in [1.807, 2.05) is 29.6 Å². The summed E-state index contributed by atoms with van der Waals surface area (Å²) in [5, 5.41) is 2.81. The molecule has 3 heterocycles. The Labute approximate surface area is 138 Å². The third-order valence-corrected chi connectivity index (χ3v) is 4.30. The van der Waals surface area contributed by atoms with Crippen molar-refractivity contribution in [2.45, 2.75) is 13.0 Å². The number of hydrogen-bond acceptors (Lipinski definition) is 5. The van der Waals surface area contributed by atoms with Crippen LogP contribution < -0.4 is 0 Å². The first kappa shape index (κ1) is 15.3. The number of pyridine rings is 2. The highest BCUT2D eigenvalue weighted by Crippen LogP contribution is 2.23. The van der Waals surface area contributed by atoms with E-state index in [-0.39, 0.29) is 5.91 Å². The zero-order valence-electron chi connectivity index (χ0n) is 12.7. The maximum Gasteiger partial charge on any atom is 0.228 e. The molecule has 3 aromatic rings. The number of carbonyl (C=O) groups is 1. The van der Waals surface area contributed by atoms with Crippen LogP contribution in [0.5, 0.6) is 0 Å². The third kappa shape index (κ3) is 3.98. The molecule has 0 aliphatic rings. The smallest absolute Gasteiger partial charge is 0.228 e. The van der Waals surface area contributed by atoms with E-state index < -0.39 is 0 Å². The van der Waals surface area contributed by atoms with Crippen molar-refractivity contribution in [2.24, 2.45) is 0 Å². The molecule has 0 N–H and O–H groups in total. The van der Waals surface area contributed by atoms with Crippen LogP contribution in [0.25, 0.3) is 10.6 Å². The molecule has 0 spiro atoms. The molecule has 0 atom stereocenters. The van der Waals surface area contributed by atoms with Crippen LogP contribution in [0.3, 0.4) is 0 Å². The number of aromatic nitrogens is 3. The first-order valence-corrected chi connectivity index (χ1v) is 8.08. The van der Waals surface area contributed by atoms with Gasteiger partial charge in [-0.1, -0.05) is 6.07 Å². The minimum absolute atomic E-state index is 0.0388. The Morgan fingerprint density at radius 1 is 1.17 bits per heavy atom. The Balaban J connectivity index is 1.63. The highest BCUT2D eigenvalue weighted by molar-refractivity contribution is 7.13. The normalized spacial score (nSPS) is 10.5. The van der Waals surface area contributed by atoms with E-state index in [0.717, 1.165) is 21.8 Å². The zero-order valence-corrected chi connectivity index (χ0v) is 13.5. The molecular formula is C17H16N4OS. The number of hydrogen-bond donors (Lipinski definition) is 0. The topological polar surface area (TPSA) is 59.0 Å². The van der Waals surface area contributed by atoms with Gasteiger partial charge in [0.05, 0.1) is 12.1 Å². The SMILES string of the molecule is CN(Cc1cccnc1)C(=O)Cc1csc(-c2cccnc2)n1. The van der Waals surface area contributed by atoms with Gasteiger partial charge in [-0.15, -0.1) is 11.3 Å². The van der Waals surface area contributed by atoms with Crippen molar-refractivity contribution in [3.63, 3.8) is 0 Å². The molecule has 0 saturated carbocycles. The Bertz CT molecular complexity index is 774. The molecule has 3 aromatic heterocycles. The van der Waals surface area contributed by atoms with E-state index in [2.05, 4.69) is 15.0 Å². The summed E-state index contributed by atoms with van der Waals surface area (Å²) in [4.78, 5) is 26.7. The third-order valence-electron chi connectivity index (χ3n) is 3.36. The van der Waals surface area contributed by atoms with E-state index in [1.54, 1.807) is 36.7 Å². The van der Waals surface area contributed by atoms with Crippen LogP contribution in [0.15, 0.2) is 54.4 Å². The molecule has 0 aliphatic carbocycles. The van der Waals surface area contributed by atoms with Gasteiger partial charge in [-0.3, -0.25) is 14.8 Å². The van der Waals surface area contributed by atoms with Crippen LogP contribution in [0, 0.1) is 0 Å². The second-order valence-electron chi connectivity index (χ2n) is 5.17. The van der Waals surface area contributed by atoms with Crippen molar-refractivity contribution in [1.82, 2.24) is 19.9 Å². The summed E-state index contributed by atoms with van der Waals surface area (Å²) in [6.45, 7) is 0.548. The van der Waals surface area contributed by atoms with Gasteiger partial charge in [-0.2, -0.15) is 0 Å². The second-order valence-corrected chi connectivity index (χ2v) is 6.03. The fourth-order valence-electron chi connectivity index (χ4n) is 2.15. The molecule has 5 nitrogen and oxygen atoms in total. The lowest BCUT2D eigenvalue weighted by atomic mass is 10.2. The molecule has 0 unspecified atom stereocenters. The van der Waals surface area contributed by atoms with Gasteiger partial charge in [-0.25, -0.2) is 4.98 Å². The largest absolute Gasteiger partial charge is 0.341 e. The molecule has 0 saturated heterocycles. The van der Waals surface area contributed by atoms with Gasteiger partial charge in [-0.05, 0) is 23.8 Å². The highest BCUT2D eigenvalue weighted by atomic mass is 32.1. The molecule has 6 heteroatoms.